The number of para-hydroxylation sites is 1. The zero-order chi connectivity index (χ0) is 99.3. The van der Waals surface area contributed by atoms with Gasteiger partial charge in [-0.05, 0) is 110 Å². The van der Waals surface area contributed by atoms with E-state index in [0.717, 1.165) is 41.4 Å². The lowest BCUT2D eigenvalue weighted by Gasteiger charge is -2.36. The van der Waals surface area contributed by atoms with Gasteiger partial charge < -0.3 is 125 Å². The second-order valence-electron chi connectivity index (χ2n) is 34.9. The Labute approximate surface area is 794 Å². The van der Waals surface area contributed by atoms with Gasteiger partial charge in [-0.1, -0.05) is 102 Å². The van der Waals surface area contributed by atoms with E-state index in [0.29, 0.717) is 59.0 Å². The fourth-order valence-corrected chi connectivity index (χ4v) is 18.5. The number of carbonyl (C=O) groups is 17. The molecule has 0 unspecified atom stereocenters. The zero-order valence-corrected chi connectivity index (χ0v) is 79.1. The summed E-state index contributed by atoms with van der Waals surface area (Å²) in [4.78, 5) is 266. The topological polar surface area (TPSA) is 646 Å². The van der Waals surface area contributed by atoms with Crippen LogP contribution >= 0.6 is 23.1 Å². The highest BCUT2D eigenvalue weighted by molar-refractivity contribution is 8.00. The zero-order valence-electron chi connectivity index (χ0n) is 77.5. The van der Waals surface area contributed by atoms with Crippen LogP contribution in [0.1, 0.15) is 140 Å². The Kier molecular flexibility index (Phi) is 39.8. The summed E-state index contributed by atoms with van der Waals surface area (Å²) in [6.07, 6.45) is 2.17. The average molecular weight is 1930 g/mol. The molecule has 6 aromatic rings. The van der Waals surface area contributed by atoms with Crippen LogP contribution in [-0.2, 0) is 107 Å². The van der Waals surface area contributed by atoms with Gasteiger partial charge >= 0.3 is 0 Å². The fourth-order valence-electron chi connectivity index (χ4n) is 16.7. The quantitative estimate of drug-likeness (QED) is 0.0156. The number of aromatic hydroxyl groups is 1. The number of imidazole rings is 1. The first kappa shape index (κ1) is 106. The maximum Gasteiger partial charge on any atom is 0.246 e. The number of aromatic nitrogens is 3. The van der Waals surface area contributed by atoms with Crippen molar-refractivity contribution in [2.24, 2.45) is 23.1 Å². The van der Waals surface area contributed by atoms with E-state index >= 15 is 38.4 Å². The molecule has 15 atom stereocenters. The second kappa shape index (κ2) is 50.9. The van der Waals surface area contributed by atoms with Gasteiger partial charge in [0.15, 0.2) is 5.96 Å². The number of nitrogens with zero attached hydrogens (tertiary/aromatic N) is 6. The molecule has 0 saturated carbocycles. The summed E-state index contributed by atoms with van der Waals surface area (Å²) in [5.74, 6) is -18.0. The highest BCUT2D eigenvalue weighted by Crippen LogP contribution is 2.30. The molecule has 3 aromatic carbocycles. The number of guanidine groups is 1. The monoisotopic (exact) mass is 1930 g/mol. The van der Waals surface area contributed by atoms with E-state index in [9.17, 15) is 58.5 Å². The van der Waals surface area contributed by atoms with Crippen LogP contribution in [0.15, 0.2) is 96.9 Å². The number of unbranched alkanes of at least 4 members (excludes halogenated alkanes) is 2. The van der Waals surface area contributed by atoms with Gasteiger partial charge in [0.25, 0.3) is 0 Å². The van der Waals surface area contributed by atoms with E-state index in [1.807, 2.05) is 32.0 Å². The minimum Gasteiger partial charge on any atom is -0.508 e. The van der Waals surface area contributed by atoms with Crippen LogP contribution in [0, 0.1) is 11.3 Å². The predicted molar refractivity (Wildman–Crippen MR) is 503 cm³/mol. The predicted octanol–water partition coefficient (Wildman–Crippen LogP) is -2.20. The van der Waals surface area contributed by atoms with Gasteiger partial charge in [0.1, 0.15) is 90.3 Å². The largest absolute Gasteiger partial charge is 0.508 e. The second-order valence-corrected chi connectivity index (χ2v) is 36.8. The summed E-state index contributed by atoms with van der Waals surface area (Å²) in [5.41, 5.74) is 19.2. The molecule has 3 fully saturated rings. The number of amides is 17. The molecule has 43 nitrogen and oxygen atoms in total. The van der Waals surface area contributed by atoms with Crippen LogP contribution in [0.2, 0.25) is 0 Å². The number of hydrogen-bond donors (Lipinski definition) is 20. The highest BCUT2D eigenvalue weighted by Gasteiger charge is 2.47. The minimum absolute atomic E-state index is 0.00361. The summed E-state index contributed by atoms with van der Waals surface area (Å²) < 4.78 is 0.819. The normalized spacial score (nSPS) is 24.7. The van der Waals surface area contributed by atoms with Crippen molar-refractivity contribution < 1.29 is 96.8 Å². The van der Waals surface area contributed by atoms with Crippen molar-refractivity contribution in [3.63, 3.8) is 0 Å². The number of thiophene rings is 1. The lowest BCUT2D eigenvalue weighted by atomic mass is 10.00. The molecule has 3 saturated heterocycles. The number of phenols is 1. The number of phenolic OH excluding ortho intramolecular Hbond substituents is 1. The Balaban J connectivity index is 1.10. The molecule has 136 heavy (non-hydrogen) atoms. The number of likely N-dealkylation sites (N-methyl/N-ethyl adjacent to an activating group) is 3. The van der Waals surface area contributed by atoms with E-state index < -0.39 is 241 Å². The first-order chi connectivity index (χ1) is 64.8. The van der Waals surface area contributed by atoms with Crippen LogP contribution in [0.25, 0.3) is 21.0 Å². The molecule has 3 aromatic heterocycles. The number of primary amides is 2. The van der Waals surface area contributed by atoms with Crippen LogP contribution < -0.4 is 75.7 Å². The number of H-pyrrole nitrogens is 2. The van der Waals surface area contributed by atoms with E-state index in [4.69, 9.17) is 22.6 Å². The lowest BCUT2D eigenvalue weighted by Crippen LogP contribution is -2.62. The number of hydrogen-bond acceptors (Lipinski definition) is 24. The summed E-state index contributed by atoms with van der Waals surface area (Å²) in [5, 5.41) is 72.9. The molecular formula is C91H127N23O20S2. The Morgan fingerprint density at radius 2 is 1.15 bits per heavy atom. The number of aliphatic hydroxyl groups excluding tert-OH is 2. The molecule has 0 radical (unpaired) electrons. The van der Waals surface area contributed by atoms with Gasteiger partial charge in [0.05, 0.1) is 37.8 Å². The Morgan fingerprint density at radius 3 is 1.81 bits per heavy atom. The van der Waals surface area contributed by atoms with Gasteiger partial charge in [-0.2, -0.15) is 0 Å². The van der Waals surface area contributed by atoms with Gasteiger partial charge in [-0.25, -0.2) is 4.98 Å². The minimum atomic E-state index is -1.89. The SMILES string of the molecule is CCCC[C@H]1C(=O)N(C)[C@@H](CCCC)C(=O)N[C@@H](CCCNC(=N)N)C(=O)N[C@H](C(=O)NCC(N)=O)CSCC(=O)N[C@@H](Cc2ccc(O)cc2)C(=O)N(C)[C@@H](C)C(=O)N[C@@H](CC(N)=O)C(=O)N2C[C@H](O)C[C@H]2C(=O)N[C@@H](Cc2cnc[nH]2)C(=O)N[C@@H](CC(C)C)C(=O)N2CCC[C@H]2C(=O)N[C@@H](Cc2c[nH]c3ccccc23)C(=O)N[C@@H](CO)C(=O)N[C@@H](Cc2csc3ccccc23)C(=O)N1C. The smallest absolute Gasteiger partial charge is 0.246 e. The first-order valence-electron chi connectivity index (χ1n) is 45.5. The number of rotatable bonds is 26. The van der Waals surface area contributed by atoms with Crippen LogP contribution in [-0.4, -0.2) is 317 Å². The van der Waals surface area contributed by atoms with Crippen molar-refractivity contribution in [1.29, 1.82) is 5.41 Å². The van der Waals surface area contributed by atoms with Crippen molar-refractivity contribution in [2.45, 2.75) is 234 Å². The summed E-state index contributed by atoms with van der Waals surface area (Å²) in [6.45, 7) is 6.07. The number of carbonyl (C=O) groups excluding carboxylic acids is 17. The molecular weight excluding hydrogens is 1800 g/mol. The molecule has 0 bridgehead atoms. The summed E-state index contributed by atoms with van der Waals surface area (Å²) in [6, 6.07) is -1.94. The highest BCUT2D eigenvalue weighted by atomic mass is 32.2. The molecule has 23 N–H and O–H groups in total. The van der Waals surface area contributed by atoms with Crippen molar-refractivity contribution in [3.05, 3.63) is 119 Å². The number of aliphatic hydroxyl groups is 2. The number of fused-ring (bicyclic) bond motifs is 4. The van der Waals surface area contributed by atoms with Crippen molar-refractivity contribution in [2.75, 3.05) is 65.4 Å². The molecule has 3 aliphatic heterocycles. The molecule has 6 heterocycles. The third-order valence-electron chi connectivity index (χ3n) is 24.2. The number of thioether (sulfide) groups is 1. The molecule has 0 aliphatic carbocycles. The molecule has 738 valence electrons. The van der Waals surface area contributed by atoms with Gasteiger partial charge in [-0.3, -0.25) is 86.9 Å². The molecule has 3 aliphatic rings. The maximum atomic E-state index is 15.8. The summed E-state index contributed by atoms with van der Waals surface area (Å²) in [7, 11) is 3.91. The van der Waals surface area contributed by atoms with Crippen LogP contribution in [0.5, 0.6) is 5.75 Å². The lowest BCUT2D eigenvalue weighted by molar-refractivity contribution is -0.149. The van der Waals surface area contributed by atoms with Crippen molar-refractivity contribution in [1.82, 2.24) is 97.9 Å². The van der Waals surface area contributed by atoms with E-state index in [1.54, 1.807) is 55.8 Å². The number of benzene rings is 3. The fraction of sp³-hybridized carbons (Fsp3) is 0.527. The standard InChI is InChI=1S/C91H127N23O20S2/c1-9-11-23-69-83(127)102-60(22-17-31-97-91(94)95)79(123)109-68(78(122)99-42-75(93)119)46-135-47-76(120)101-64(34-51-27-29-55(116)30-28-51)86(130)110(6)50(5)77(121)105-66(39-74(92)118)89(133)114-43-56(117)38-72(114)85(129)104-62(37-54-41-96-48-100-54)81(125)106-63(33-49(3)4)88(132)113-32-18-25-70(113)84(128)103-61(35-52-40-98-59-21-15-13-19-57(52)59)80(124)108-67(44-115)82(126)107-65(36-53-45-136-73-26-16-14-20-58(53)73)87(131)112(8)71(24-12-10-2)90(134)111(69)7/h13-16,19-21,26-30,40-41,45,48-50,56,60-72,98,115-117H,9-12,17-18,22-25,31-39,42-44,46-47H2,1-8H3,(H2,92,118)(H2,93,119)(H,96,100)(H,99,122)(H,101,120)(H,102,127)(H,103,128)(H,104,129)(H,105,121)(H,106,125)(H,107,126)(H,108,124)(H,109,123)(H4,94,95,97)/t50-,56+,60-,61-,62-,63-,64-,65-,66-,67-,68-,69-,70-,71-,72-/m0/s1. The Hall–Kier alpha value is -13.3. The maximum absolute atomic E-state index is 15.8. The third-order valence-corrected chi connectivity index (χ3v) is 26.3. The molecule has 45 heteroatoms. The van der Waals surface area contributed by atoms with Crippen molar-refractivity contribution in [3.8, 4) is 5.75 Å². The Bertz CT molecular complexity index is 5250. The average Bonchev–Trinajstić information content (AvgIpc) is 1.65. The molecule has 17 amide bonds. The van der Waals surface area contributed by atoms with Gasteiger partial charge in [0, 0.05) is 112 Å². The number of nitrogens with two attached hydrogens (primary N) is 3. The van der Waals surface area contributed by atoms with Crippen LogP contribution in [0.4, 0.5) is 0 Å². The summed E-state index contributed by atoms with van der Waals surface area (Å²) >= 11 is 2.11. The molecule has 0 spiro atoms. The van der Waals surface area contributed by atoms with E-state index in [-0.39, 0.29) is 95.4 Å². The van der Waals surface area contributed by atoms with E-state index in [2.05, 4.69) is 73.4 Å². The third kappa shape index (κ3) is 29.6. The number of aromatic amines is 2. The first-order valence-corrected chi connectivity index (χ1v) is 47.5. The Morgan fingerprint density at radius 1 is 0.574 bits per heavy atom. The van der Waals surface area contributed by atoms with Crippen LogP contribution in [0.3, 0.4) is 0 Å². The van der Waals surface area contributed by atoms with Crippen molar-refractivity contribution >= 4 is 150 Å². The van der Waals surface area contributed by atoms with Gasteiger partial charge in [0.2, 0.25) is 100 Å². The van der Waals surface area contributed by atoms with Gasteiger partial charge in [-0.15, -0.1) is 23.1 Å². The molecule has 9 rings (SSSR count). The van der Waals surface area contributed by atoms with E-state index in [1.165, 1.54) is 81.1 Å². The number of nitrogens with one attached hydrogen (secondary N) is 14.